The molecule has 1 aromatic carbocycles. The van der Waals surface area contributed by atoms with E-state index >= 15 is 0 Å². The summed E-state index contributed by atoms with van der Waals surface area (Å²) in [5.74, 6) is 0. The van der Waals surface area contributed by atoms with E-state index in [1.807, 2.05) is 18.2 Å². The second-order valence-electron chi connectivity index (χ2n) is 5.19. The van der Waals surface area contributed by atoms with Crippen molar-refractivity contribution in [1.82, 2.24) is 4.90 Å². The van der Waals surface area contributed by atoms with E-state index in [0.717, 1.165) is 34.6 Å². The monoisotopic (exact) mass is 346 g/mol. The average Bonchev–Trinajstić information content (AvgIpc) is 2.33. The molecule has 0 saturated heterocycles. The summed E-state index contributed by atoms with van der Waals surface area (Å²) in [5.41, 5.74) is 7.30. The van der Waals surface area contributed by atoms with Crippen molar-refractivity contribution in [2.75, 3.05) is 13.1 Å². The zero-order valence-electron chi connectivity index (χ0n) is 12.0. The highest BCUT2D eigenvalue weighted by atomic mass is 79.9. The van der Waals surface area contributed by atoms with Crippen LogP contribution in [-0.2, 0) is 0 Å². The van der Waals surface area contributed by atoms with Crippen molar-refractivity contribution < 1.29 is 0 Å². The van der Waals surface area contributed by atoms with E-state index in [1.54, 1.807) is 0 Å². The Bertz CT molecular complexity index is 396. The number of hydrogen-bond donors (Lipinski definition) is 1. The highest BCUT2D eigenvalue weighted by Gasteiger charge is 2.14. The highest BCUT2D eigenvalue weighted by Crippen LogP contribution is 2.27. The van der Waals surface area contributed by atoms with Crippen LogP contribution in [0, 0.1) is 0 Å². The lowest BCUT2D eigenvalue weighted by molar-refractivity contribution is 0.214. The van der Waals surface area contributed by atoms with Gasteiger partial charge >= 0.3 is 0 Å². The summed E-state index contributed by atoms with van der Waals surface area (Å²) in [6.45, 7) is 8.81. The summed E-state index contributed by atoms with van der Waals surface area (Å²) in [7, 11) is 0. The predicted octanol–water partition coefficient (Wildman–Crippen LogP) is 4.61. The van der Waals surface area contributed by atoms with E-state index < -0.39 is 0 Å². The first-order valence-corrected chi connectivity index (χ1v) is 8.07. The van der Waals surface area contributed by atoms with Crippen LogP contribution in [0.5, 0.6) is 0 Å². The van der Waals surface area contributed by atoms with Crippen molar-refractivity contribution in [1.29, 1.82) is 0 Å². The summed E-state index contributed by atoms with van der Waals surface area (Å²) >= 11 is 9.65. The lowest BCUT2D eigenvalue weighted by Gasteiger charge is -2.27. The molecule has 1 rings (SSSR count). The van der Waals surface area contributed by atoms with Gasteiger partial charge in [-0.25, -0.2) is 0 Å². The number of nitrogens with two attached hydrogens (primary N) is 1. The zero-order valence-corrected chi connectivity index (χ0v) is 14.3. The fraction of sp³-hybridized carbons (Fsp3) is 0.600. The molecule has 0 aliphatic rings. The molecule has 0 aromatic heterocycles. The third-order valence-corrected chi connectivity index (χ3v) is 4.15. The summed E-state index contributed by atoms with van der Waals surface area (Å²) in [6.07, 6.45) is 2.10. The van der Waals surface area contributed by atoms with Gasteiger partial charge < -0.3 is 10.6 Å². The summed E-state index contributed by atoms with van der Waals surface area (Å²) in [4.78, 5) is 2.46. The van der Waals surface area contributed by atoms with Crippen LogP contribution in [-0.4, -0.2) is 24.0 Å². The third-order valence-electron chi connectivity index (χ3n) is 3.33. The summed E-state index contributed by atoms with van der Waals surface area (Å²) in [5, 5.41) is 0.744. The van der Waals surface area contributed by atoms with E-state index in [9.17, 15) is 0 Å². The summed E-state index contributed by atoms with van der Waals surface area (Å²) < 4.78 is 0.989. The average molecular weight is 348 g/mol. The first kappa shape index (κ1) is 17.0. The number of rotatable bonds is 7. The minimum atomic E-state index is -0.00120. The van der Waals surface area contributed by atoms with Gasteiger partial charge in [-0.2, -0.15) is 0 Å². The Kier molecular flexibility index (Phi) is 7.37. The van der Waals surface area contributed by atoms with E-state index in [-0.39, 0.29) is 6.04 Å². The molecule has 108 valence electrons. The predicted molar refractivity (Wildman–Crippen MR) is 87.7 cm³/mol. The van der Waals surface area contributed by atoms with Crippen molar-refractivity contribution in [2.45, 2.75) is 45.7 Å². The molecule has 0 amide bonds. The van der Waals surface area contributed by atoms with Crippen molar-refractivity contribution in [3.63, 3.8) is 0 Å². The number of halogens is 2. The molecule has 0 heterocycles. The molecule has 0 aliphatic carbocycles. The maximum Gasteiger partial charge on any atom is 0.0464 e. The van der Waals surface area contributed by atoms with E-state index in [1.165, 1.54) is 6.42 Å². The fourth-order valence-electron chi connectivity index (χ4n) is 2.18. The molecule has 1 unspecified atom stereocenters. The second-order valence-corrected chi connectivity index (χ2v) is 6.51. The van der Waals surface area contributed by atoms with Crippen LogP contribution in [0.2, 0.25) is 5.02 Å². The molecule has 4 heteroatoms. The van der Waals surface area contributed by atoms with Gasteiger partial charge in [0.05, 0.1) is 0 Å². The molecule has 0 radical (unpaired) electrons. The van der Waals surface area contributed by atoms with Gasteiger partial charge in [0.25, 0.3) is 0 Å². The number of nitrogens with zero attached hydrogens (tertiary/aromatic N) is 1. The van der Waals surface area contributed by atoms with Crippen molar-refractivity contribution in [2.24, 2.45) is 5.73 Å². The van der Waals surface area contributed by atoms with Crippen LogP contribution >= 0.6 is 27.5 Å². The number of benzene rings is 1. The smallest absolute Gasteiger partial charge is 0.0464 e. The summed E-state index contributed by atoms with van der Waals surface area (Å²) in [6, 6.07) is 6.47. The molecule has 0 saturated carbocycles. The topological polar surface area (TPSA) is 29.3 Å². The maximum absolute atomic E-state index is 6.26. The second kappa shape index (κ2) is 8.25. The van der Waals surface area contributed by atoms with E-state index in [2.05, 4.69) is 41.6 Å². The molecular weight excluding hydrogens is 324 g/mol. The van der Waals surface area contributed by atoms with Crippen LogP contribution < -0.4 is 5.73 Å². The minimum absolute atomic E-state index is 0.00120. The first-order valence-electron chi connectivity index (χ1n) is 6.90. The van der Waals surface area contributed by atoms with Gasteiger partial charge in [0.2, 0.25) is 0 Å². The van der Waals surface area contributed by atoms with Gasteiger partial charge in [0.1, 0.15) is 0 Å². The molecule has 2 nitrogen and oxygen atoms in total. The first-order chi connectivity index (χ1) is 8.95. The van der Waals surface area contributed by atoms with Crippen molar-refractivity contribution >= 4 is 27.5 Å². The molecule has 0 fully saturated rings. The Labute approximate surface area is 130 Å². The van der Waals surface area contributed by atoms with Gasteiger partial charge in [-0.05, 0) is 50.9 Å². The normalized spacial score (nSPS) is 13.3. The largest absolute Gasteiger partial charge is 0.324 e. The molecule has 1 aromatic rings. The Balaban J connectivity index is 2.61. The van der Waals surface area contributed by atoms with Crippen LogP contribution in [0.1, 0.15) is 45.2 Å². The van der Waals surface area contributed by atoms with Gasteiger partial charge in [0.15, 0.2) is 0 Å². The van der Waals surface area contributed by atoms with Crippen LogP contribution in [0.25, 0.3) is 0 Å². The standard InChI is InChI=1S/C15H24BrClN2/c1-4-8-19(11(2)3)9-7-15(18)13-6-5-12(16)10-14(13)17/h5-6,10-11,15H,4,7-9,18H2,1-3H3. The Hall–Kier alpha value is -0.0900. The van der Waals surface area contributed by atoms with Crippen molar-refractivity contribution in [3.8, 4) is 0 Å². The lowest BCUT2D eigenvalue weighted by atomic mass is 10.0. The molecule has 2 N–H and O–H groups in total. The fourth-order valence-corrected chi connectivity index (χ4v) is 2.99. The third kappa shape index (κ3) is 5.42. The van der Waals surface area contributed by atoms with Crippen LogP contribution in [0.4, 0.5) is 0 Å². The van der Waals surface area contributed by atoms with Gasteiger partial charge in [-0.15, -0.1) is 0 Å². The zero-order chi connectivity index (χ0) is 14.4. The molecular formula is C15H24BrClN2. The quantitative estimate of drug-likeness (QED) is 0.780. The Morgan fingerprint density at radius 3 is 2.53 bits per heavy atom. The molecule has 0 aliphatic heterocycles. The van der Waals surface area contributed by atoms with E-state index in [4.69, 9.17) is 17.3 Å². The van der Waals surface area contributed by atoms with Crippen LogP contribution in [0.15, 0.2) is 22.7 Å². The lowest BCUT2D eigenvalue weighted by Crippen LogP contribution is -2.34. The molecule has 19 heavy (non-hydrogen) atoms. The molecule has 0 spiro atoms. The number of hydrogen-bond acceptors (Lipinski definition) is 2. The molecule has 0 bridgehead atoms. The van der Waals surface area contributed by atoms with Gasteiger partial charge in [0, 0.05) is 28.1 Å². The van der Waals surface area contributed by atoms with Crippen LogP contribution in [0.3, 0.4) is 0 Å². The highest BCUT2D eigenvalue weighted by molar-refractivity contribution is 9.10. The van der Waals surface area contributed by atoms with Gasteiger partial charge in [-0.1, -0.05) is 40.5 Å². The Morgan fingerprint density at radius 1 is 1.32 bits per heavy atom. The molecule has 1 atom stereocenters. The SMILES string of the molecule is CCCN(CCC(N)c1ccc(Br)cc1Cl)C(C)C. The van der Waals surface area contributed by atoms with Crippen molar-refractivity contribution in [3.05, 3.63) is 33.3 Å². The van der Waals surface area contributed by atoms with Gasteiger partial charge in [-0.3, -0.25) is 0 Å². The maximum atomic E-state index is 6.26. The minimum Gasteiger partial charge on any atom is -0.324 e. The van der Waals surface area contributed by atoms with E-state index in [0.29, 0.717) is 6.04 Å². The Morgan fingerprint density at radius 2 is 2.00 bits per heavy atom.